The van der Waals surface area contributed by atoms with Crippen LogP contribution in [0.2, 0.25) is 0 Å². The zero-order chi connectivity index (χ0) is 16.7. The predicted molar refractivity (Wildman–Crippen MR) is 91.2 cm³/mol. The number of nitrogens with two attached hydrogens (primary N) is 1. The first-order valence-electron chi connectivity index (χ1n) is 7.61. The topological polar surface area (TPSA) is 84.2 Å². The van der Waals surface area contributed by atoms with Crippen LogP contribution < -0.4 is 16.4 Å². The lowest BCUT2D eigenvalue weighted by atomic mass is 9.91. The monoisotopic (exact) mass is 311 g/mol. The Morgan fingerprint density at radius 3 is 2.17 bits per heavy atom. The fourth-order valence-corrected chi connectivity index (χ4v) is 2.34. The lowest BCUT2D eigenvalue weighted by molar-refractivity contribution is -0.118. The van der Waals surface area contributed by atoms with Crippen molar-refractivity contribution in [1.82, 2.24) is 5.32 Å². The van der Waals surface area contributed by atoms with Crippen molar-refractivity contribution in [2.24, 2.45) is 5.73 Å². The van der Waals surface area contributed by atoms with Gasteiger partial charge in [0.2, 0.25) is 5.91 Å². The highest BCUT2D eigenvalue weighted by atomic mass is 16.2. The van der Waals surface area contributed by atoms with Crippen molar-refractivity contribution < 1.29 is 9.59 Å². The third kappa shape index (κ3) is 4.57. The normalized spacial score (nSPS) is 11.5. The second-order valence-electron chi connectivity index (χ2n) is 5.25. The first-order valence-corrected chi connectivity index (χ1v) is 7.61. The molecule has 2 aromatic carbocycles. The second kappa shape index (κ2) is 7.98. The molecule has 5 nitrogen and oxygen atoms in total. The SMILES string of the molecule is CCCNC(=O)Nc1ccc(C(C(N)=O)c2ccccc2)cc1. The van der Waals surface area contributed by atoms with Crippen molar-refractivity contribution >= 4 is 17.6 Å². The molecule has 0 saturated heterocycles. The van der Waals surface area contributed by atoms with Gasteiger partial charge in [-0.1, -0.05) is 49.4 Å². The molecule has 0 fully saturated rings. The Morgan fingerprint density at radius 2 is 1.61 bits per heavy atom. The van der Waals surface area contributed by atoms with Crippen LogP contribution in [0.25, 0.3) is 0 Å². The molecule has 5 heteroatoms. The molecular formula is C18H21N3O2. The Morgan fingerprint density at radius 1 is 1.00 bits per heavy atom. The van der Waals surface area contributed by atoms with Gasteiger partial charge in [-0.15, -0.1) is 0 Å². The van der Waals surface area contributed by atoms with Gasteiger partial charge in [0, 0.05) is 12.2 Å². The first-order chi connectivity index (χ1) is 11.1. The summed E-state index contributed by atoms with van der Waals surface area (Å²) in [6.07, 6.45) is 0.879. The summed E-state index contributed by atoms with van der Waals surface area (Å²) in [5, 5.41) is 5.48. The molecule has 3 amide bonds. The van der Waals surface area contributed by atoms with Crippen LogP contribution in [0.15, 0.2) is 54.6 Å². The van der Waals surface area contributed by atoms with Crippen LogP contribution in [-0.2, 0) is 4.79 Å². The molecule has 1 atom stereocenters. The number of amides is 3. The first kappa shape index (κ1) is 16.5. The number of hydrogen-bond acceptors (Lipinski definition) is 2. The number of urea groups is 1. The average molecular weight is 311 g/mol. The maximum Gasteiger partial charge on any atom is 0.319 e. The van der Waals surface area contributed by atoms with Crippen molar-refractivity contribution in [2.45, 2.75) is 19.3 Å². The Balaban J connectivity index is 2.14. The van der Waals surface area contributed by atoms with Gasteiger partial charge in [0.05, 0.1) is 5.92 Å². The van der Waals surface area contributed by atoms with E-state index in [0.717, 1.165) is 17.5 Å². The van der Waals surface area contributed by atoms with E-state index in [4.69, 9.17) is 5.73 Å². The number of carbonyl (C=O) groups is 2. The van der Waals surface area contributed by atoms with E-state index in [1.54, 1.807) is 24.3 Å². The number of benzene rings is 2. The van der Waals surface area contributed by atoms with E-state index >= 15 is 0 Å². The summed E-state index contributed by atoms with van der Waals surface area (Å²) < 4.78 is 0. The molecule has 0 aliphatic heterocycles. The molecule has 2 rings (SSSR count). The largest absolute Gasteiger partial charge is 0.369 e. The molecular weight excluding hydrogens is 290 g/mol. The predicted octanol–water partition coefficient (Wildman–Crippen LogP) is 2.84. The van der Waals surface area contributed by atoms with Crippen LogP contribution >= 0.6 is 0 Å². The van der Waals surface area contributed by atoms with E-state index in [2.05, 4.69) is 10.6 Å². The number of nitrogens with one attached hydrogen (secondary N) is 2. The molecule has 2 aromatic rings. The van der Waals surface area contributed by atoms with Crippen molar-refractivity contribution in [2.75, 3.05) is 11.9 Å². The third-order valence-electron chi connectivity index (χ3n) is 3.45. The van der Waals surface area contributed by atoms with Gasteiger partial charge in [0.1, 0.15) is 0 Å². The Hall–Kier alpha value is -2.82. The molecule has 0 saturated carbocycles. The maximum atomic E-state index is 11.8. The zero-order valence-corrected chi connectivity index (χ0v) is 13.1. The van der Waals surface area contributed by atoms with Crippen LogP contribution in [0.5, 0.6) is 0 Å². The highest BCUT2D eigenvalue weighted by molar-refractivity contribution is 5.89. The van der Waals surface area contributed by atoms with Crippen LogP contribution in [0.4, 0.5) is 10.5 Å². The van der Waals surface area contributed by atoms with Gasteiger partial charge in [-0.25, -0.2) is 4.79 Å². The minimum atomic E-state index is -0.501. The third-order valence-corrected chi connectivity index (χ3v) is 3.45. The van der Waals surface area contributed by atoms with Crippen molar-refractivity contribution in [3.8, 4) is 0 Å². The average Bonchev–Trinajstić information content (AvgIpc) is 2.55. The number of primary amides is 1. The fourth-order valence-electron chi connectivity index (χ4n) is 2.34. The van der Waals surface area contributed by atoms with Gasteiger partial charge in [-0.2, -0.15) is 0 Å². The van der Waals surface area contributed by atoms with Crippen LogP contribution in [0.1, 0.15) is 30.4 Å². The van der Waals surface area contributed by atoms with E-state index in [1.807, 2.05) is 37.3 Å². The van der Waals surface area contributed by atoms with Crippen molar-refractivity contribution in [1.29, 1.82) is 0 Å². The van der Waals surface area contributed by atoms with Crippen molar-refractivity contribution in [3.05, 3.63) is 65.7 Å². The zero-order valence-electron chi connectivity index (χ0n) is 13.1. The van der Waals surface area contributed by atoms with E-state index < -0.39 is 11.8 Å². The lowest BCUT2D eigenvalue weighted by Crippen LogP contribution is -2.29. The molecule has 0 bridgehead atoms. The van der Waals surface area contributed by atoms with Gasteiger partial charge in [0.25, 0.3) is 0 Å². The molecule has 0 radical (unpaired) electrons. The van der Waals surface area contributed by atoms with Gasteiger partial charge in [-0.3, -0.25) is 4.79 Å². The smallest absolute Gasteiger partial charge is 0.319 e. The summed E-state index contributed by atoms with van der Waals surface area (Å²) in [5.41, 5.74) is 7.86. The Bertz CT molecular complexity index is 654. The summed E-state index contributed by atoms with van der Waals surface area (Å²) in [5.74, 6) is -0.906. The van der Waals surface area contributed by atoms with Crippen LogP contribution in [0, 0.1) is 0 Å². The maximum absolute atomic E-state index is 11.8. The van der Waals surface area contributed by atoms with Crippen molar-refractivity contribution in [3.63, 3.8) is 0 Å². The fraction of sp³-hybridized carbons (Fsp3) is 0.222. The van der Waals surface area contributed by atoms with E-state index in [-0.39, 0.29) is 6.03 Å². The minimum Gasteiger partial charge on any atom is -0.369 e. The summed E-state index contributed by atoms with van der Waals surface area (Å²) in [4.78, 5) is 23.4. The van der Waals surface area contributed by atoms with Gasteiger partial charge in [0.15, 0.2) is 0 Å². The quantitative estimate of drug-likeness (QED) is 0.766. The molecule has 0 spiro atoms. The Kier molecular flexibility index (Phi) is 5.74. The van der Waals surface area contributed by atoms with Crippen LogP contribution in [0.3, 0.4) is 0 Å². The van der Waals surface area contributed by atoms with E-state index in [9.17, 15) is 9.59 Å². The Labute approximate surface area is 135 Å². The summed E-state index contributed by atoms with van der Waals surface area (Å²) in [6.45, 7) is 2.62. The van der Waals surface area contributed by atoms with Gasteiger partial charge < -0.3 is 16.4 Å². The molecule has 23 heavy (non-hydrogen) atoms. The second-order valence-corrected chi connectivity index (χ2v) is 5.25. The number of hydrogen-bond donors (Lipinski definition) is 3. The van der Waals surface area contributed by atoms with E-state index in [1.165, 1.54) is 0 Å². The molecule has 0 heterocycles. The minimum absolute atomic E-state index is 0.242. The lowest BCUT2D eigenvalue weighted by Gasteiger charge is -2.15. The molecule has 120 valence electrons. The summed E-state index contributed by atoms with van der Waals surface area (Å²) in [6, 6.07) is 16.3. The molecule has 0 aromatic heterocycles. The van der Waals surface area contributed by atoms with Gasteiger partial charge >= 0.3 is 6.03 Å². The van der Waals surface area contributed by atoms with Crippen LogP contribution in [-0.4, -0.2) is 18.5 Å². The number of carbonyl (C=O) groups excluding carboxylic acids is 2. The highest BCUT2D eigenvalue weighted by Gasteiger charge is 2.19. The summed E-state index contributed by atoms with van der Waals surface area (Å²) in [7, 11) is 0. The molecule has 0 aliphatic carbocycles. The standard InChI is InChI=1S/C18H21N3O2/c1-2-12-20-18(23)21-15-10-8-14(9-11-15)16(17(19)22)13-6-4-3-5-7-13/h3-11,16H,2,12H2,1H3,(H2,19,22)(H2,20,21,23). The van der Waals surface area contributed by atoms with E-state index in [0.29, 0.717) is 12.2 Å². The molecule has 0 aliphatic rings. The van der Waals surface area contributed by atoms with Gasteiger partial charge in [-0.05, 0) is 29.7 Å². The highest BCUT2D eigenvalue weighted by Crippen LogP contribution is 2.25. The number of rotatable bonds is 6. The molecule has 4 N–H and O–H groups in total. The summed E-state index contributed by atoms with van der Waals surface area (Å²) >= 11 is 0. The molecule has 1 unspecified atom stereocenters. The number of anilines is 1.